The van der Waals surface area contributed by atoms with Gasteiger partial charge in [0.2, 0.25) is 0 Å². The Bertz CT molecular complexity index is 325. The van der Waals surface area contributed by atoms with E-state index in [4.69, 9.17) is 0 Å². The highest BCUT2D eigenvalue weighted by atomic mass is 16.5. The molecule has 134 valence electrons. The van der Waals surface area contributed by atoms with Crippen molar-refractivity contribution in [2.75, 3.05) is 6.61 Å². The second-order valence-corrected chi connectivity index (χ2v) is 6.21. The first-order valence-corrected chi connectivity index (χ1v) is 9.00. The molecular weight excluding hydrogens is 292 g/mol. The van der Waals surface area contributed by atoms with Crippen molar-refractivity contribution >= 4 is 11.8 Å². The maximum atomic E-state index is 11.7. The number of carbonyl (C=O) groups is 2. The molecule has 0 aromatic carbocycles. The molecule has 1 atom stereocenters. The Labute approximate surface area is 141 Å². The number of allylic oxidation sites excluding steroid dienone is 1. The summed E-state index contributed by atoms with van der Waals surface area (Å²) in [6, 6.07) is 0. The summed E-state index contributed by atoms with van der Waals surface area (Å²) in [4.78, 5) is 22.2. The summed E-state index contributed by atoms with van der Waals surface area (Å²) in [5, 5.41) is 9.54. The minimum Gasteiger partial charge on any atom is -0.463 e. The zero-order valence-corrected chi connectivity index (χ0v) is 14.7. The van der Waals surface area contributed by atoms with Crippen LogP contribution in [0.3, 0.4) is 0 Å². The molecular formula is C19H34O4. The van der Waals surface area contributed by atoms with E-state index in [1.54, 1.807) is 0 Å². The summed E-state index contributed by atoms with van der Waals surface area (Å²) in [7, 11) is 0. The SMILES string of the molecule is C=CCCCCCCCCCCCC(=O)CC(O)COC(C)=O. The fraction of sp³-hybridized carbons (Fsp3) is 0.789. The Kier molecular flexibility index (Phi) is 14.9. The number of ketones is 1. The van der Waals surface area contributed by atoms with Gasteiger partial charge in [-0.15, -0.1) is 6.58 Å². The summed E-state index contributed by atoms with van der Waals surface area (Å²) >= 11 is 0. The van der Waals surface area contributed by atoms with E-state index in [1.807, 2.05) is 6.08 Å². The van der Waals surface area contributed by atoms with Crippen molar-refractivity contribution in [2.45, 2.75) is 90.1 Å². The molecule has 4 nitrogen and oxygen atoms in total. The number of rotatable bonds is 16. The summed E-state index contributed by atoms with van der Waals surface area (Å²) in [5.74, 6) is -0.385. The maximum Gasteiger partial charge on any atom is 0.302 e. The molecule has 0 heterocycles. The largest absolute Gasteiger partial charge is 0.463 e. The van der Waals surface area contributed by atoms with Gasteiger partial charge in [0.15, 0.2) is 0 Å². The monoisotopic (exact) mass is 326 g/mol. The van der Waals surface area contributed by atoms with Gasteiger partial charge in [-0.25, -0.2) is 0 Å². The number of hydrogen-bond donors (Lipinski definition) is 1. The number of hydrogen-bond acceptors (Lipinski definition) is 4. The predicted octanol–water partition coefficient (Wildman–Crippen LogP) is 4.35. The van der Waals surface area contributed by atoms with E-state index in [-0.39, 0.29) is 18.8 Å². The fourth-order valence-corrected chi connectivity index (χ4v) is 2.49. The predicted molar refractivity (Wildman–Crippen MR) is 93.2 cm³/mol. The Morgan fingerprint density at radius 1 is 1.00 bits per heavy atom. The van der Waals surface area contributed by atoms with Gasteiger partial charge in [0, 0.05) is 19.8 Å². The standard InChI is InChI=1S/C19H34O4/c1-3-4-5-6-7-8-9-10-11-12-13-14-18(21)15-19(22)16-23-17(2)20/h3,19,22H,1,4-16H2,2H3. The van der Waals surface area contributed by atoms with E-state index in [9.17, 15) is 14.7 Å². The topological polar surface area (TPSA) is 63.6 Å². The van der Waals surface area contributed by atoms with Crippen molar-refractivity contribution in [3.8, 4) is 0 Å². The van der Waals surface area contributed by atoms with Gasteiger partial charge in [0.25, 0.3) is 0 Å². The lowest BCUT2D eigenvalue weighted by atomic mass is 10.0. The van der Waals surface area contributed by atoms with Crippen molar-refractivity contribution < 1.29 is 19.4 Å². The summed E-state index contributed by atoms with van der Waals surface area (Å²) < 4.78 is 4.67. The molecule has 0 radical (unpaired) electrons. The van der Waals surface area contributed by atoms with E-state index in [0.29, 0.717) is 6.42 Å². The van der Waals surface area contributed by atoms with Crippen molar-refractivity contribution in [1.29, 1.82) is 0 Å². The van der Waals surface area contributed by atoms with Gasteiger partial charge in [-0.1, -0.05) is 51.0 Å². The first-order chi connectivity index (χ1) is 11.1. The van der Waals surface area contributed by atoms with Crippen molar-refractivity contribution in [1.82, 2.24) is 0 Å². The van der Waals surface area contributed by atoms with Gasteiger partial charge < -0.3 is 9.84 Å². The molecule has 0 aliphatic rings. The Morgan fingerprint density at radius 2 is 1.52 bits per heavy atom. The van der Waals surface area contributed by atoms with Crippen LogP contribution < -0.4 is 0 Å². The van der Waals surface area contributed by atoms with Gasteiger partial charge in [-0.3, -0.25) is 9.59 Å². The van der Waals surface area contributed by atoms with Crippen LogP contribution in [-0.4, -0.2) is 29.6 Å². The Balaban J connectivity index is 3.32. The Hall–Kier alpha value is -1.16. The third-order valence-electron chi connectivity index (χ3n) is 3.81. The van der Waals surface area contributed by atoms with Gasteiger partial charge in [-0.05, 0) is 19.3 Å². The molecule has 1 unspecified atom stereocenters. The van der Waals surface area contributed by atoms with Crippen molar-refractivity contribution in [3.63, 3.8) is 0 Å². The average Bonchev–Trinajstić information content (AvgIpc) is 2.50. The molecule has 0 aliphatic carbocycles. The number of esters is 1. The van der Waals surface area contributed by atoms with Gasteiger partial charge in [-0.2, -0.15) is 0 Å². The minimum absolute atomic E-state index is 0.0480. The molecule has 0 aliphatic heterocycles. The zero-order chi connectivity index (χ0) is 17.3. The average molecular weight is 326 g/mol. The van der Waals surface area contributed by atoms with Crippen molar-refractivity contribution in [3.05, 3.63) is 12.7 Å². The van der Waals surface area contributed by atoms with Crippen LogP contribution in [0.2, 0.25) is 0 Å². The van der Waals surface area contributed by atoms with Crippen LogP contribution in [0, 0.1) is 0 Å². The first-order valence-electron chi connectivity index (χ1n) is 9.00. The zero-order valence-electron chi connectivity index (χ0n) is 14.7. The molecule has 0 saturated carbocycles. The van der Waals surface area contributed by atoms with E-state index in [1.165, 1.54) is 51.9 Å². The fourth-order valence-electron chi connectivity index (χ4n) is 2.49. The van der Waals surface area contributed by atoms with E-state index < -0.39 is 12.1 Å². The molecule has 1 N–H and O–H groups in total. The van der Waals surface area contributed by atoms with Crippen LogP contribution in [0.25, 0.3) is 0 Å². The second-order valence-electron chi connectivity index (χ2n) is 6.21. The van der Waals surface area contributed by atoms with Crippen molar-refractivity contribution in [2.24, 2.45) is 0 Å². The number of ether oxygens (including phenoxy) is 1. The summed E-state index contributed by atoms with van der Waals surface area (Å²) in [5.41, 5.74) is 0. The molecule has 0 aromatic rings. The molecule has 0 fully saturated rings. The third kappa shape index (κ3) is 17.0. The van der Waals surface area contributed by atoms with Crippen LogP contribution in [0.5, 0.6) is 0 Å². The van der Waals surface area contributed by atoms with Crippen LogP contribution in [-0.2, 0) is 14.3 Å². The summed E-state index contributed by atoms with van der Waals surface area (Å²) in [6.45, 7) is 4.92. The lowest BCUT2D eigenvalue weighted by molar-refractivity contribution is -0.145. The molecule has 0 rings (SSSR count). The molecule has 23 heavy (non-hydrogen) atoms. The molecule has 0 spiro atoms. The van der Waals surface area contributed by atoms with E-state index in [0.717, 1.165) is 19.3 Å². The molecule has 0 bridgehead atoms. The number of unbranched alkanes of at least 4 members (excludes halogenated alkanes) is 9. The quantitative estimate of drug-likeness (QED) is 0.260. The number of aliphatic hydroxyl groups excluding tert-OH is 1. The second kappa shape index (κ2) is 15.7. The Morgan fingerprint density at radius 3 is 2.04 bits per heavy atom. The van der Waals surface area contributed by atoms with Gasteiger partial charge in [0.1, 0.15) is 12.4 Å². The normalized spacial score (nSPS) is 11.9. The first kappa shape index (κ1) is 21.8. The lowest BCUT2D eigenvalue weighted by Crippen LogP contribution is -2.20. The molecule has 0 amide bonds. The van der Waals surface area contributed by atoms with E-state index in [2.05, 4.69) is 11.3 Å². The smallest absolute Gasteiger partial charge is 0.302 e. The van der Waals surface area contributed by atoms with Crippen LogP contribution in [0.4, 0.5) is 0 Å². The summed E-state index contributed by atoms with van der Waals surface area (Å²) in [6.07, 6.45) is 13.7. The van der Waals surface area contributed by atoms with E-state index >= 15 is 0 Å². The number of Topliss-reactive ketones (excluding diaryl/α,β-unsaturated/α-hetero) is 1. The van der Waals surface area contributed by atoms with Gasteiger partial charge >= 0.3 is 5.97 Å². The highest BCUT2D eigenvalue weighted by Gasteiger charge is 2.11. The van der Waals surface area contributed by atoms with Crippen LogP contribution >= 0.6 is 0 Å². The van der Waals surface area contributed by atoms with Crippen LogP contribution in [0.1, 0.15) is 84.0 Å². The maximum absolute atomic E-state index is 11.7. The highest BCUT2D eigenvalue weighted by Crippen LogP contribution is 2.12. The molecule has 4 heteroatoms. The van der Waals surface area contributed by atoms with Crippen LogP contribution in [0.15, 0.2) is 12.7 Å². The molecule has 0 saturated heterocycles. The third-order valence-corrected chi connectivity index (χ3v) is 3.81. The number of carbonyl (C=O) groups excluding carboxylic acids is 2. The lowest BCUT2D eigenvalue weighted by Gasteiger charge is -2.09. The highest BCUT2D eigenvalue weighted by molar-refractivity contribution is 5.78. The number of aliphatic hydroxyl groups is 1. The minimum atomic E-state index is -0.868. The molecule has 0 aromatic heterocycles. The van der Waals surface area contributed by atoms with Gasteiger partial charge in [0.05, 0.1) is 6.10 Å².